The number of halogens is 2. The minimum Gasteiger partial charge on any atom is -0.476 e. The van der Waals surface area contributed by atoms with E-state index in [9.17, 15) is 9.18 Å². The van der Waals surface area contributed by atoms with Crippen LogP contribution in [0.15, 0.2) is 34.9 Å². The Morgan fingerprint density at radius 3 is 2.75 bits per heavy atom. The average molecular weight is 285 g/mol. The molecule has 82 valence electrons. The van der Waals surface area contributed by atoms with Crippen LogP contribution in [0.25, 0.3) is 5.69 Å². The number of aromatic nitrogens is 2. The Kier molecular flexibility index (Phi) is 2.74. The number of nitrogens with zero attached hydrogens (tertiary/aromatic N) is 2. The number of hydrogen-bond acceptors (Lipinski definition) is 2. The highest BCUT2D eigenvalue weighted by atomic mass is 79.9. The van der Waals surface area contributed by atoms with Crippen LogP contribution >= 0.6 is 15.9 Å². The van der Waals surface area contributed by atoms with E-state index in [0.717, 1.165) is 0 Å². The van der Waals surface area contributed by atoms with Crippen LogP contribution in [0.2, 0.25) is 0 Å². The lowest BCUT2D eigenvalue weighted by Crippen LogP contribution is -2.02. The molecule has 0 aliphatic carbocycles. The van der Waals surface area contributed by atoms with Crippen LogP contribution < -0.4 is 0 Å². The van der Waals surface area contributed by atoms with Crippen molar-refractivity contribution in [3.63, 3.8) is 0 Å². The van der Waals surface area contributed by atoms with E-state index in [1.807, 2.05) is 0 Å². The Labute approximate surface area is 98.4 Å². The second-order valence-corrected chi connectivity index (χ2v) is 3.96. The lowest BCUT2D eigenvalue weighted by atomic mass is 10.3. The van der Waals surface area contributed by atoms with Crippen molar-refractivity contribution in [1.82, 2.24) is 9.78 Å². The molecule has 0 aliphatic rings. The third kappa shape index (κ3) is 1.96. The molecule has 0 saturated heterocycles. The summed E-state index contributed by atoms with van der Waals surface area (Å²) in [4.78, 5) is 10.6. The van der Waals surface area contributed by atoms with Crippen molar-refractivity contribution in [3.05, 3.63) is 46.4 Å². The predicted octanol–water partition coefficient (Wildman–Crippen LogP) is 2.47. The first-order chi connectivity index (χ1) is 7.58. The summed E-state index contributed by atoms with van der Waals surface area (Å²) in [5.41, 5.74) is 0.0815. The van der Waals surface area contributed by atoms with E-state index in [1.165, 1.54) is 29.1 Å². The normalized spacial score (nSPS) is 10.4. The van der Waals surface area contributed by atoms with Gasteiger partial charge in [-0.05, 0) is 24.3 Å². The van der Waals surface area contributed by atoms with Crippen LogP contribution in [0.5, 0.6) is 0 Å². The van der Waals surface area contributed by atoms with Crippen LogP contribution in [0.3, 0.4) is 0 Å². The van der Waals surface area contributed by atoms with E-state index in [4.69, 9.17) is 5.11 Å². The zero-order chi connectivity index (χ0) is 11.7. The van der Waals surface area contributed by atoms with Gasteiger partial charge in [0.2, 0.25) is 0 Å². The number of hydrogen-bond donors (Lipinski definition) is 1. The standard InChI is InChI=1S/C10H6BrFN2O2/c11-6-1-2-9(7(12)5-6)14-4-3-8(13-14)10(15)16/h1-5H,(H,15,16). The Bertz CT molecular complexity index is 554. The highest BCUT2D eigenvalue weighted by Crippen LogP contribution is 2.18. The molecule has 6 heteroatoms. The van der Waals surface area contributed by atoms with Gasteiger partial charge in [0, 0.05) is 10.7 Å². The quantitative estimate of drug-likeness (QED) is 0.922. The molecule has 2 aromatic rings. The molecule has 1 N–H and O–H groups in total. The van der Waals surface area contributed by atoms with Crippen molar-refractivity contribution >= 4 is 21.9 Å². The zero-order valence-corrected chi connectivity index (χ0v) is 9.48. The molecule has 0 bridgehead atoms. The summed E-state index contributed by atoms with van der Waals surface area (Å²) in [6.07, 6.45) is 1.40. The molecule has 16 heavy (non-hydrogen) atoms. The maximum Gasteiger partial charge on any atom is 0.356 e. The smallest absolute Gasteiger partial charge is 0.356 e. The molecule has 0 aliphatic heterocycles. The molecule has 0 amide bonds. The topological polar surface area (TPSA) is 55.1 Å². The number of carboxylic acid groups (broad SMARTS) is 1. The molecule has 2 rings (SSSR count). The summed E-state index contributed by atoms with van der Waals surface area (Å²) >= 11 is 3.13. The van der Waals surface area contributed by atoms with Crippen LogP contribution in [-0.4, -0.2) is 20.9 Å². The average Bonchev–Trinajstić information content (AvgIpc) is 2.66. The van der Waals surface area contributed by atoms with Gasteiger partial charge < -0.3 is 5.11 Å². The van der Waals surface area contributed by atoms with Crippen molar-refractivity contribution in [2.75, 3.05) is 0 Å². The van der Waals surface area contributed by atoms with Crippen molar-refractivity contribution in [2.45, 2.75) is 0 Å². The Morgan fingerprint density at radius 2 is 2.19 bits per heavy atom. The molecule has 0 unspecified atom stereocenters. The first-order valence-electron chi connectivity index (χ1n) is 4.32. The largest absolute Gasteiger partial charge is 0.476 e. The number of aromatic carboxylic acids is 1. The summed E-state index contributed by atoms with van der Waals surface area (Å²) in [5.74, 6) is -1.62. The van der Waals surface area contributed by atoms with Gasteiger partial charge >= 0.3 is 5.97 Å². The third-order valence-electron chi connectivity index (χ3n) is 1.96. The Hall–Kier alpha value is -1.69. The molecule has 1 aromatic heterocycles. The van der Waals surface area contributed by atoms with E-state index in [0.29, 0.717) is 4.47 Å². The highest BCUT2D eigenvalue weighted by molar-refractivity contribution is 9.10. The number of carbonyl (C=O) groups is 1. The maximum atomic E-state index is 13.5. The molecule has 0 radical (unpaired) electrons. The number of rotatable bonds is 2. The zero-order valence-electron chi connectivity index (χ0n) is 7.89. The molecular formula is C10H6BrFN2O2. The number of carboxylic acids is 1. The monoisotopic (exact) mass is 284 g/mol. The molecular weight excluding hydrogens is 279 g/mol. The van der Waals surface area contributed by atoms with Gasteiger partial charge in [0.1, 0.15) is 11.5 Å². The molecule has 0 atom stereocenters. The van der Waals surface area contributed by atoms with Gasteiger partial charge in [-0.3, -0.25) is 0 Å². The fourth-order valence-electron chi connectivity index (χ4n) is 1.24. The van der Waals surface area contributed by atoms with Gasteiger partial charge in [0.15, 0.2) is 5.69 Å². The fraction of sp³-hybridized carbons (Fsp3) is 0. The molecule has 1 heterocycles. The fourth-order valence-corrected chi connectivity index (χ4v) is 1.57. The van der Waals surface area contributed by atoms with Crippen LogP contribution in [0.1, 0.15) is 10.5 Å². The first kappa shape index (κ1) is 10.8. The summed E-state index contributed by atoms with van der Waals surface area (Å²) in [7, 11) is 0. The Balaban J connectivity index is 2.46. The van der Waals surface area contributed by atoms with Crippen LogP contribution in [0.4, 0.5) is 4.39 Å². The lowest BCUT2D eigenvalue weighted by Gasteiger charge is -2.02. The summed E-state index contributed by atoms with van der Waals surface area (Å²) in [5, 5.41) is 12.4. The highest BCUT2D eigenvalue weighted by Gasteiger charge is 2.10. The minimum atomic E-state index is -1.14. The SMILES string of the molecule is O=C(O)c1ccn(-c2ccc(Br)cc2F)n1. The van der Waals surface area contributed by atoms with Gasteiger partial charge in [-0.25, -0.2) is 13.9 Å². The first-order valence-corrected chi connectivity index (χ1v) is 5.11. The van der Waals surface area contributed by atoms with Crippen LogP contribution in [0, 0.1) is 5.82 Å². The van der Waals surface area contributed by atoms with Crippen molar-refractivity contribution < 1.29 is 14.3 Å². The summed E-state index contributed by atoms with van der Waals surface area (Å²) < 4.78 is 15.3. The van der Waals surface area contributed by atoms with Crippen molar-refractivity contribution in [3.8, 4) is 5.69 Å². The third-order valence-corrected chi connectivity index (χ3v) is 2.46. The van der Waals surface area contributed by atoms with E-state index >= 15 is 0 Å². The maximum absolute atomic E-state index is 13.5. The molecule has 1 aromatic carbocycles. The van der Waals surface area contributed by atoms with Crippen LogP contribution in [-0.2, 0) is 0 Å². The Morgan fingerprint density at radius 1 is 1.44 bits per heavy atom. The lowest BCUT2D eigenvalue weighted by molar-refractivity contribution is 0.0690. The van der Waals surface area contributed by atoms with Crippen molar-refractivity contribution in [2.24, 2.45) is 0 Å². The van der Waals surface area contributed by atoms with E-state index in [2.05, 4.69) is 21.0 Å². The van der Waals surface area contributed by atoms with Crippen molar-refractivity contribution in [1.29, 1.82) is 0 Å². The summed E-state index contributed by atoms with van der Waals surface area (Å²) in [6.45, 7) is 0. The van der Waals surface area contributed by atoms with Gasteiger partial charge in [-0.15, -0.1) is 0 Å². The van der Waals surface area contributed by atoms with Gasteiger partial charge in [0.05, 0.1) is 0 Å². The molecule has 0 spiro atoms. The second kappa shape index (κ2) is 4.05. The molecule has 0 saturated carbocycles. The van der Waals surface area contributed by atoms with Gasteiger partial charge in [-0.2, -0.15) is 5.10 Å². The minimum absolute atomic E-state index is 0.123. The van der Waals surface area contributed by atoms with Gasteiger partial charge in [0.25, 0.3) is 0 Å². The van der Waals surface area contributed by atoms with E-state index < -0.39 is 11.8 Å². The van der Waals surface area contributed by atoms with E-state index in [-0.39, 0.29) is 11.4 Å². The predicted molar refractivity (Wildman–Crippen MR) is 58.2 cm³/mol. The summed E-state index contributed by atoms with van der Waals surface area (Å²) in [6, 6.07) is 5.76. The molecule has 4 nitrogen and oxygen atoms in total. The van der Waals surface area contributed by atoms with Gasteiger partial charge in [-0.1, -0.05) is 15.9 Å². The number of benzene rings is 1. The second-order valence-electron chi connectivity index (χ2n) is 3.05. The molecule has 0 fully saturated rings. The van der Waals surface area contributed by atoms with E-state index in [1.54, 1.807) is 6.07 Å².